The lowest BCUT2D eigenvalue weighted by Gasteiger charge is -2.25. The van der Waals surface area contributed by atoms with Crippen molar-refractivity contribution < 1.29 is 9.63 Å². The summed E-state index contributed by atoms with van der Waals surface area (Å²) in [7, 11) is 6.75. The number of nitrogens with zero attached hydrogens (tertiary/aromatic N) is 4. The Labute approximate surface area is 108 Å². The summed E-state index contributed by atoms with van der Waals surface area (Å²) in [6.45, 7) is 5.80. The molecule has 7 nitrogen and oxygen atoms in total. The number of carbonyl (C=O) groups excluding carboxylic acids is 1. The molecule has 0 spiro atoms. The summed E-state index contributed by atoms with van der Waals surface area (Å²) in [5, 5.41) is 7.57. The van der Waals surface area contributed by atoms with E-state index in [0.717, 1.165) is 0 Å². The number of nitrogens with two attached hydrogens (primary N) is 1. The van der Waals surface area contributed by atoms with Crippen molar-refractivity contribution in [3.05, 3.63) is 0 Å². The van der Waals surface area contributed by atoms with E-state index < -0.39 is 6.09 Å². The second-order valence-corrected chi connectivity index (χ2v) is 5.29. The van der Waals surface area contributed by atoms with Crippen molar-refractivity contribution >= 4 is 17.6 Å². The maximum Gasteiger partial charge on any atom is 0.435 e. The monoisotopic (exact) mass is 257 g/mol. The fourth-order valence-corrected chi connectivity index (χ4v) is 1.07. The van der Waals surface area contributed by atoms with E-state index in [1.807, 2.05) is 20.8 Å². The van der Waals surface area contributed by atoms with E-state index >= 15 is 0 Å². The smallest absolute Gasteiger partial charge is 0.360 e. The van der Waals surface area contributed by atoms with Gasteiger partial charge in [0.05, 0.1) is 0 Å². The van der Waals surface area contributed by atoms with Crippen molar-refractivity contribution in [2.75, 3.05) is 28.2 Å². The van der Waals surface area contributed by atoms with E-state index in [4.69, 9.17) is 10.7 Å². The molecule has 0 saturated heterocycles. The molecule has 0 aromatic carbocycles. The summed E-state index contributed by atoms with van der Waals surface area (Å²) in [5.74, 6) is 5.82. The second-order valence-electron chi connectivity index (χ2n) is 5.29. The SMILES string of the molecule is CN(C)C(=O)ON=C(C(=NN)N(C)C)C(C)(C)C. The molecule has 104 valence electrons. The average Bonchev–Trinajstić information content (AvgIpc) is 2.20. The van der Waals surface area contributed by atoms with Gasteiger partial charge in [-0.3, -0.25) is 4.84 Å². The van der Waals surface area contributed by atoms with Crippen molar-refractivity contribution in [3.63, 3.8) is 0 Å². The maximum absolute atomic E-state index is 11.4. The number of amidine groups is 1. The summed E-state index contributed by atoms with van der Waals surface area (Å²) >= 11 is 0. The molecule has 0 atom stereocenters. The van der Waals surface area contributed by atoms with Crippen molar-refractivity contribution in [2.24, 2.45) is 21.5 Å². The first-order valence-electron chi connectivity index (χ1n) is 5.53. The Hall–Kier alpha value is -1.79. The molecule has 18 heavy (non-hydrogen) atoms. The zero-order chi connectivity index (χ0) is 14.5. The Kier molecular flexibility index (Phi) is 5.61. The van der Waals surface area contributed by atoms with Crippen LogP contribution in [-0.4, -0.2) is 55.6 Å². The van der Waals surface area contributed by atoms with Gasteiger partial charge in [-0.15, -0.1) is 0 Å². The molecule has 0 radical (unpaired) electrons. The molecule has 0 aliphatic heterocycles. The highest BCUT2D eigenvalue weighted by Gasteiger charge is 2.27. The molecule has 0 aliphatic rings. The van der Waals surface area contributed by atoms with Gasteiger partial charge in [0.25, 0.3) is 0 Å². The number of hydrazone groups is 1. The minimum atomic E-state index is -0.549. The normalized spacial score (nSPS) is 13.3. The zero-order valence-electron chi connectivity index (χ0n) is 12.2. The summed E-state index contributed by atoms with van der Waals surface area (Å²) in [5.41, 5.74) is 0.153. The molecule has 2 N–H and O–H groups in total. The summed E-state index contributed by atoms with van der Waals surface area (Å²) in [6.07, 6.45) is -0.549. The summed E-state index contributed by atoms with van der Waals surface area (Å²) in [6, 6.07) is 0. The van der Waals surface area contributed by atoms with Crippen LogP contribution in [0.15, 0.2) is 10.3 Å². The molecule has 0 fully saturated rings. The molecular weight excluding hydrogens is 234 g/mol. The summed E-state index contributed by atoms with van der Waals surface area (Å²) in [4.78, 5) is 19.2. The Morgan fingerprint density at radius 3 is 1.89 bits per heavy atom. The van der Waals surface area contributed by atoms with Crippen LogP contribution in [-0.2, 0) is 4.84 Å². The van der Waals surface area contributed by atoms with Crippen LogP contribution in [0.5, 0.6) is 0 Å². The highest BCUT2D eigenvalue weighted by atomic mass is 16.7. The third-order valence-electron chi connectivity index (χ3n) is 2.05. The van der Waals surface area contributed by atoms with Gasteiger partial charge in [0.1, 0.15) is 5.71 Å². The predicted molar refractivity (Wildman–Crippen MR) is 72.4 cm³/mol. The maximum atomic E-state index is 11.4. The third kappa shape index (κ3) is 4.60. The zero-order valence-corrected chi connectivity index (χ0v) is 12.2. The van der Waals surface area contributed by atoms with Crippen LogP contribution in [0.3, 0.4) is 0 Å². The molecule has 0 aromatic rings. The second kappa shape index (κ2) is 6.23. The van der Waals surface area contributed by atoms with Gasteiger partial charge in [-0.05, 0) is 0 Å². The molecule has 1 amide bonds. The highest BCUT2D eigenvalue weighted by Crippen LogP contribution is 2.18. The van der Waals surface area contributed by atoms with Crippen molar-refractivity contribution in [1.82, 2.24) is 9.80 Å². The Morgan fingerprint density at radius 2 is 1.61 bits per heavy atom. The Morgan fingerprint density at radius 1 is 1.11 bits per heavy atom. The first-order chi connectivity index (χ1) is 8.11. The van der Waals surface area contributed by atoms with E-state index in [0.29, 0.717) is 11.5 Å². The van der Waals surface area contributed by atoms with E-state index in [9.17, 15) is 4.79 Å². The third-order valence-corrected chi connectivity index (χ3v) is 2.05. The van der Waals surface area contributed by atoms with Crippen LogP contribution in [0.4, 0.5) is 4.79 Å². The lowest BCUT2D eigenvalue weighted by atomic mass is 9.89. The molecule has 0 saturated carbocycles. The fraction of sp³-hybridized carbons (Fsp3) is 0.727. The average molecular weight is 257 g/mol. The largest absolute Gasteiger partial charge is 0.435 e. The van der Waals surface area contributed by atoms with Crippen LogP contribution in [0, 0.1) is 5.41 Å². The molecule has 0 unspecified atom stereocenters. The van der Waals surface area contributed by atoms with Gasteiger partial charge in [0.15, 0.2) is 5.84 Å². The topological polar surface area (TPSA) is 83.5 Å². The van der Waals surface area contributed by atoms with Crippen LogP contribution in [0.1, 0.15) is 20.8 Å². The number of oxime groups is 1. The van der Waals surface area contributed by atoms with Crippen LogP contribution in [0.25, 0.3) is 0 Å². The fourth-order valence-electron chi connectivity index (χ4n) is 1.07. The first kappa shape index (κ1) is 16.2. The summed E-state index contributed by atoms with van der Waals surface area (Å²) < 4.78 is 0. The molecule has 0 aliphatic carbocycles. The van der Waals surface area contributed by atoms with Gasteiger partial charge in [-0.1, -0.05) is 25.9 Å². The lowest BCUT2D eigenvalue weighted by molar-refractivity contribution is 0.121. The van der Waals surface area contributed by atoms with Crippen LogP contribution < -0.4 is 5.84 Å². The molecular formula is C11H23N5O2. The van der Waals surface area contributed by atoms with Gasteiger partial charge in [-0.25, -0.2) is 4.79 Å². The molecule has 0 aromatic heterocycles. The van der Waals surface area contributed by atoms with Gasteiger partial charge in [-0.2, -0.15) is 5.10 Å². The van der Waals surface area contributed by atoms with Crippen molar-refractivity contribution in [3.8, 4) is 0 Å². The van der Waals surface area contributed by atoms with E-state index in [-0.39, 0.29) is 5.41 Å². The van der Waals surface area contributed by atoms with Gasteiger partial charge < -0.3 is 15.6 Å². The number of carbonyl (C=O) groups is 1. The van der Waals surface area contributed by atoms with E-state index in [1.54, 1.807) is 33.1 Å². The molecule has 0 rings (SSSR count). The van der Waals surface area contributed by atoms with Crippen LogP contribution >= 0.6 is 0 Å². The van der Waals surface area contributed by atoms with Crippen LogP contribution in [0.2, 0.25) is 0 Å². The van der Waals surface area contributed by atoms with E-state index in [1.165, 1.54) is 4.90 Å². The molecule has 7 heteroatoms. The van der Waals surface area contributed by atoms with Gasteiger partial charge >= 0.3 is 6.09 Å². The quantitative estimate of drug-likeness (QED) is 0.262. The van der Waals surface area contributed by atoms with Gasteiger partial charge in [0, 0.05) is 33.6 Å². The Bertz CT molecular complexity index is 353. The number of hydrogen-bond donors (Lipinski definition) is 1. The first-order valence-corrected chi connectivity index (χ1v) is 5.53. The highest BCUT2D eigenvalue weighted by molar-refractivity contribution is 6.42. The molecule has 0 bridgehead atoms. The van der Waals surface area contributed by atoms with Crippen molar-refractivity contribution in [1.29, 1.82) is 0 Å². The minimum absolute atomic E-state index is 0.352. The van der Waals surface area contributed by atoms with Crippen molar-refractivity contribution in [2.45, 2.75) is 20.8 Å². The lowest BCUT2D eigenvalue weighted by Crippen LogP contribution is -2.39. The standard InChI is InChI=1S/C11H23N5O2/c1-11(2,3)8(9(13-12)15(4)5)14-18-10(17)16(6)7/h12H2,1-7H3. The number of rotatable bonds is 2. The van der Waals surface area contributed by atoms with E-state index in [2.05, 4.69) is 10.3 Å². The number of hydrogen-bond acceptors (Lipinski definition) is 5. The predicted octanol–water partition coefficient (Wildman–Crippen LogP) is 0.920. The van der Waals surface area contributed by atoms with Gasteiger partial charge in [0.2, 0.25) is 0 Å². The number of amides is 1. The molecule has 0 heterocycles. The Balaban J connectivity index is 5.27. The minimum Gasteiger partial charge on any atom is -0.360 e.